The van der Waals surface area contributed by atoms with E-state index < -0.39 is 0 Å². The molecule has 1 amide bonds. The van der Waals surface area contributed by atoms with Crippen molar-refractivity contribution in [3.8, 4) is 11.5 Å². The highest BCUT2D eigenvalue weighted by Crippen LogP contribution is 2.33. The van der Waals surface area contributed by atoms with Gasteiger partial charge in [0, 0.05) is 48.3 Å². The molecule has 2 aliphatic heterocycles. The second kappa shape index (κ2) is 9.41. The van der Waals surface area contributed by atoms with Crippen LogP contribution >= 0.6 is 11.3 Å². The second-order valence-electron chi connectivity index (χ2n) is 8.29. The normalized spacial score (nSPS) is 17.6. The van der Waals surface area contributed by atoms with Crippen LogP contribution in [0.25, 0.3) is 0 Å². The maximum absolute atomic E-state index is 13.3. The summed E-state index contributed by atoms with van der Waals surface area (Å²) in [4.78, 5) is 18.9. The van der Waals surface area contributed by atoms with Crippen LogP contribution < -0.4 is 19.7 Å². The third kappa shape index (κ3) is 4.67. The first-order valence-corrected chi connectivity index (χ1v) is 11.9. The summed E-state index contributed by atoms with van der Waals surface area (Å²) in [5, 5.41) is 5.27. The largest absolute Gasteiger partial charge is 0.454 e. The van der Waals surface area contributed by atoms with Crippen molar-refractivity contribution in [2.24, 2.45) is 0 Å². The van der Waals surface area contributed by atoms with Crippen molar-refractivity contribution in [2.75, 3.05) is 37.9 Å². The number of fused-ring (bicyclic) bond motifs is 1. The Morgan fingerprint density at radius 2 is 1.79 bits per heavy atom. The molecule has 6 nitrogen and oxygen atoms in total. The minimum atomic E-state index is -0.220. The number of rotatable bonds is 6. The molecule has 0 aliphatic carbocycles. The average molecular weight is 468 g/mol. The van der Waals surface area contributed by atoms with E-state index in [9.17, 15) is 9.18 Å². The molecule has 2 aromatic carbocycles. The Kier molecular flexibility index (Phi) is 6.20. The maximum atomic E-state index is 13.3. The number of benzene rings is 2. The highest BCUT2D eigenvalue weighted by Gasteiger charge is 2.31. The number of piperazine rings is 1. The number of thiophene rings is 1. The quantitative estimate of drug-likeness (QED) is 0.586. The molecular weight excluding hydrogens is 441 g/mol. The fourth-order valence-corrected chi connectivity index (χ4v) is 5.48. The van der Waals surface area contributed by atoms with E-state index in [0.29, 0.717) is 17.1 Å². The summed E-state index contributed by atoms with van der Waals surface area (Å²) in [5.41, 5.74) is 1.59. The van der Waals surface area contributed by atoms with Gasteiger partial charge >= 0.3 is 0 Å². The van der Waals surface area contributed by atoms with Crippen LogP contribution in [-0.4, -0.2) is 49.8 Å². The van der Waals surface area contributed by atoms with Gasteiger partial charge in [0.1, 0.15) is 5.82 Å². The Morgan fingerprint density at radius 3 is 2.52 bits per heavy atom. The van der Waals surface area contributed by atoms with Crippen LogP contribution in [0.4, 0.5) is 10.1 Å². The Balaban J connectivity index is 1.28. The summed E-state index contributed by atoms with van der Waals surface area (Å²) < 4.78 is 24.0. The number of carbonyl (C=O) groups excluding carboxylic acids is 1. The molecule has 33 heavy (non-hydrogen) atoms. The first-order valence-electron chi connectivity index (χ1n) is 11.1. The number of anilines is 1. The van der Waals surface area contributed by atoms with Gasteiger partial charge in [-0.05, 0) is 60.8 Å². The molecule has 1 saturated heterocycles. The van der Waals surface area contributed by atoms with Crippen LogP contribution in [0.1, 0.15) is 28.2 Å². The van der Waals surface area contributed by atoms with E-state index in [4.69, 9.17) is 9.47 Å². The molecule has 1 N–H and O–H groups in total. The number of hydrogen-bond acceptors (Lipinski definition) is 6. The number of carbonyl (C=O) groups is 1. The summed E-state index contributed by atoms with van der Waals surface area (Å²) in [6.07, 6.45) is 0. The van der Waals surface area contributed by atoms with Crippen LogP contribution in [-0.2, 0) is 0 Å². The molecule has 5 rings (SSSR count). The van der Waals surface area contributed by atoms with E-state index in [2.05, 4.69) is 33.5 Å². The van der Waals surface area contributed by atoms with Crippen molar-refractivity contribution in [1.82, 2.24) is 10.2 Å². The van der Waals surface area contributed by atoms with Gasteiger partial charge in [0.05, 0.1) is 6.04 Å². The smallest absolute Gasteiger partial charge is 0.251 e. The fraction of sp³-hybridized carbons (Fsp3) is 0.320. The molecule has 0 saturated carbocycles. The van der Waals surface area contributed by atoms with E-state index >= 15 is 0 Å². The monoisotopic (exact) mass is 467 g/mol. The van der Waals surface area contributed by atoms with E-state index in [-0.39, 0.29) is 30.6 Å². The van der Waals surface area contributed by atoms with E-state index in [1.165, 1.54) is 17.0 Å². The number of nitrogens with zero attached hydrogens (tertiary/aromatic N) is 2. The van der Waals surface area contributed by atoms with Crippen molar-refractivity contribution in [3.63, 3.8) is 0 Å². The fourth-order valence-electron chi connectivity index (χ4n) is 4.52. The predicted octanol–water partition coefficient (Wildman–Crippen LogP) is 4.30. The summed E-state index contributed by atoms with van der Waals surface area (Å²) in [5.74, 6) is 0.909. The maximum Gasteiger partial charge on any atom is 0.251 e. The lowest BCUT2D eigenvalue weighted by Gasteiger charge is -2.42. The van der Waals surface area contributed by atoms with E-state index in [1.807, 2.05) is 18.2 Å². The summed E-state index contributed by atoms with van der Waals surface area (Å²) in [7, 11) is 0. The van der Waals surface area contributed by atoms with Gasteiger partial charge < -0.3 is 19.7 Å². The molecule has 0 radical (unpaired) electrons. The van der Waals surface area contributed by atoms with Crippen molar-refractivity contribution < 1.29 is 18.7 Å². The van der Waals surface area contributed by atoms with Crippen LogP contribution in [0.15, 0.2) is 60.0 Å². The van der Waals surface area contributed by atoms with E-state index in [0.717, 1.165) is 31.9 Å². The molecule has 2 unspecified atom stereocenters. The van der Waals surface area contributed by atoms with Gasteiger partial charge in [-0.2, -0.15) is 0 Å². The molecule has 8 heteroatoms. The van der Waals surface area contributed by atoms with Crippen molar-refractivity contribution >= 4 is 22.9 Å². The molecule has 3 aromatic rings. The standard InChI is InChI=1S/C25H26FN3O3S/c1-17(27-25(30)18-4-9-21-22(15-18)32-16-31-21)24(23-3-2-14-33-23)29-12-10-28(11-13-29)20-7-5-19(26)6-8-20/h2-9,14-15,17,24H,10-13,16H2,1H3,(H,27,30). The number of halogens is 1. The van der Waals surface area contributed by atoms with Crippen LogP contribution in [0.5, 0.6) is 11.5 Å². The Hall–Kier alpha value is -3.10. The Morgan fingerprint density at radius 1 is 1.03 bits per heavy atom. The summed E-state index contributed by atoms with van der Waals surface area (Å²) in [6.45, 7) is 5.63. The second-order valence-corrected chi connectivity index (χ2v) is 9.27. The molecule has 172 valence electrons. The third-order valence-electron chi connectivity index (χ3n) is 6.20. The van der Waals surface area contributed by atoms with E-state index in [1.54, 1.807) is 29.5 Å². The van der Waals surface area contributed by atoms with Gasteiger partial charge in [0.2, 0.25) is 6.79 Å². The number of nitrogens with one attached hydrogen (secondary N) is 1. The van der Waals surface area contributed by atoms with Gasteiger partial charge in [-0.1, -0.05) is 6.07 Å². The highest BCUT2D eigenvalue weighted by molar-refractivity contribution is 7.10. The van der Waals surface area contributed by atoms with Crippen LogP contribution in [0, 0.1) is 5.82 Å². The average Bonchev–Trinajstić information content (AvgIpc) is 3.52. The molecule has 1 fully saturated rings. The number of hydrogen-bond donors (Lipinski definition) is 1. The SMILES string of the molecule is CC(NC(=O)c1ccc2c(c1)OCO2)C(c1cccs1)N1CCN(c2ccc(F)cc2)CC1. The number of amides is 1. The zero-order valence-corrected chi connectivity index (χ0v) is 19.2. The molecule has 2 aliphatic rings. The molecule has 1 aromatic heterocycles. The highest BCUT2D eigenvalue weighted by atomic mass is 32.1. The Labute approximate surface area is 196 Å². The predicted molar refractivity (Wildman–Crippen MR) is 127 cm³/mol. The summed E-state index contributed by atoms with van der Waals surface area (Å²) in [6, 6.07) is 16.1. The zero-order chi connectivity index (χ0) is 22.8. The van der Waals surface area contributed by atoms with Gasteiger partial charge in [-0.3, -0.25) is 9.69 Å². The van der Waals surface area contributed by atoms with Gasteiger partial charge in [0.25, 0.3) is 5.91 Å². The van der Waals surface area contributed by atoms with Gasteiger partial charge in [-0.25, -0.2) is 4.39 Å². The molecule has 0 bridgehead atoms. The first kappa shape index (κ1) is 21.7. The molecule has 2 atom stereocenters. The molecule has 3 heterocycles. The Bertz CT molecular complexity index is 1100. The van der Waals surface area contributed by atoms with Crippen molar-refractivity contribution in [1.29, 1.82) is 0 Å². The lowest BCUT2D eigenvalue weighted by atomic mass is 10.0. The minimum Gasteiger partial charge on any atom is -0.454 e. The van der Waals surface area contributed by atoms with Crippen LogP contribution in [0.2, 0.25) is 0 Å². The first-order chi connectivity index (χ1) is 16.1. The lowest BCUT2D eigenvalue weighted by Crippen LogP contribution is -2.52. The van der Waals surface area contributed by atoms with Crippen molar-refractivity contribution in [3.05, 3.63) is 76.2 Å². The van der Waals surface area contributed by atoms with Gasteiger partial charge in [0.15, 0.2) is 11.5 Å². The zero-order valence-electron chi connectivity index (χ0n) is 18.4. The molecule has 0 spiro atoms. The lowest BCUT2D eigenvalue weighted by molar-refractivity contribution is 0.0890. The van der Waals surface area contributed by atoms with Gasteiger partial charge in [-0.15, -0.1) is 11.3 Å². The summed E-state index contributed by atoms with van der Waals surface area (Å²) >= 11 is 1.71. The van der Waals surface area contributed by atoms with Crippen molar-refractivity contribution in [2.45, 2.75) is 19.0 Å². The minimum absolute atomic E-state index is 0.0679. The number of ether oxygens (including phenoxy) is 2. The third-order valence-corrected chi connectivity index (χ3v) is 7.14. The van der Waals surface area contributed by atoms with Crippen LogP contribution in [0.3, 0.4) is 0 Å². The topological polar surface area (TPSA) is 54.0 Å². The molecular formula is C25H26FN3O3S.